The van der Waals surface area contributed by atoms with Gasteiger partial charge >= 0.3 is 6.09 Å². The number of benzene rings is 2. The van der Waals surface area contributed by atoms with Gasteiger partial charge in [0.2, 0.25) is 5.89 Å². The molecule has 6 heteroatoms. The lowest BCUT2D eigenvalue weighted by Gasteiger charge is -2.19. The number of aldehydes is 1. The second-order valence-corrected chi connectivity index (χ2v) is 7.88. The Morgan fingerprint density at radius 3 is 2.33 bits per heavy atom. The number of carbonyl (C=O) groups is 2. The number of hydrogen-bond acceptors (Lipinski definition) is 5. The van der Waals surface area contributed by atoms with Gasteiger partial charge in [-0.3, -0.25) is 4.79 Å². The number of aromatic nitrogens is 1. The molecule has 1 N–H and O–H groups in total. The van der Waals surface area contributed by atoms with E-state index in [1.54, 1.807) is 0 Å². The van der Waals surface area contributed by atoms with Crippen molar-refractivity contribution in [2.75, 3.05) is 6.61 Å². The Kier molecular flexibility index (Phi) is 5.65. The van der Waals surface area contributed by atoms with Crippen molar-refractivity contribution in [3.8, 4) is 11.1 Å². The van der Waals surface area contributed by atoms with E-state index in [9.17, 15) is 9.59 Å². The molecule has 0 saturated heterocycles. The molecule has 154 valence electrons. The van der Waals surface area contributed by atoms with Gasteiger partial charge < -0.3 is 14.5 Å². The summed E-state index contributed by atoms with van der Waals surface area (Å²) in [4.78, 5) is 27.6. The number of nitrogens with zero attached hydrogens (tertiary/aromatic N) is 1. The lowest BCUT2D eigenvalue weighted by atomic mass is 9.98. The van der Waals surface area contributed by atoms with Crippen LogP contribution >= 0.6 is 0 Å². The maximum Gasteiger partial charge on any atom is 0.407 e. The van der Waals surface area contributed by atoms with Crippen LogP contribution in [0.1, 0.15) is 59.7 Å². The summed E-state index contributed by atoms with van der Waals surface area (Å²) in [6.07, 6.45) is 1.98. The number of hydrogen-bond donors (Lipinski definition) is 1. The highest BCUT2D eigenvalue weighted by Gasteiger charge is 2.29. The minimum atomic E-state index is -0.534. The molecule has 0 bridgehead atoms. The highest BCUT2D eigenvalue weighted by atomic mass is 16.5. The van der Waals surface area contributed by atoms with E-state index in [4.69, 9.17) is 9.15 Å². The van der Waals surface area contributed by atoms with Crippen LogP contribution in [0.3, 0.4) is 0 Å². The summed E-state index contributed by atoms with van der Waals surface area (Å²) in [5.41, 5.74) is 4.89. The molecule has 0 saturated carbocycles. The summed E-state index contributed by atoms with van der Waals surface area (Å²) in [7, 11) is 0. The summed E-state index contributed by atoms with van der Waals surface area (Å²) < 4.78 is 11.0. The number of alkyl carbamates (subject to hydrolysis) is 1. The first kappa shape index (κ1) is 19.9. The predicted molar refractivity (Wildman–Crippen MR) is 112 cm³/mol. The Bertz CT molecular complexity index is 1010. The van der Waals surface area contributed by atoms with Crippen LogP contribution in [0.5, 0.6) is 0 Å². The molecule has 4 rings (SSSR count). The molecule has 0 unspecified atom stereocenters. The van der Waals surface area contributed by atoms with Crippen molar-refractivity contribution in [3.63, 3.8) is 0 Å². The zero-order chi connectivity index (χ0) is 21.1. The second-order valence-electron chi connectivity index (χ2n) is 7.88. The van der Waals surface area contributed by atoms with Crippen LogP contribution in [0.2, 0.25) is 0 Å². The molecule has 0 spiro atoms. The fraction of sp³-hybridized carbons (Fsp3) is 0.292. The molecular formula is C24H24N2O4. The minimum absolute atomic E-state index is 0.00453. The molecule has 3 aromatic rings. The Morgan fingerprint density at radius 1 is 1.13 bits per heavy atom. The third kappa shape index (κ3) is 3.99. The first-order valence-electron chi connectivity index (χ1n) is 10.1. The number of ether oxygens (including phenoxy) is 1. The summed E-state index contributed by atoms with van der Waals surface area (Å²) in [6, 6.07) is 15.9. The average Bonchev–Trinajstić information content (AvgIpc) is 3.35. The third-order valence-corrected chi connectivity index (χ3v) is 5.30. The van der Waals surface area contributed by atoms with Gasteiger partial charge in [0.05, 0.1) is 0 Å². The molecule has 1 aliphatic carbocycles. The molecule has 1 amide bonds. The van der Waals surface area contributed by atoms with Crippen LogP contribution < -0.4 is 5.32 Å². The van der Waals surface area contributed by atoms with Crippen LogP contribution in [0.15, 0.2) is 59.2 Å². The largest absolute Gasteiger partial charge is 0.449 e. The quantitative estimate of drug-likeness (QED) is 0.553. The molecule has 1 heterocycles. The normalized spacial score (nSPS) is 13.6. The molecule has 1 aromatic heterocycles. The van der Waals surface area contributed by atoms with Gasteiger partial charge in [0.25, 0.3) is 0 Å². The first-order valence-corrected chi connectivity index (χ1v) is 10.1. The van der Waals surface area contributed by atoms with Crippen molar-refractivity contribution in [2.45, 2.75) is 32.2 Å². The van der Waals surface area contributed by atoms with Crippen molar-refractivity contribution < 1.29 is 18.7 Å². The molecule has 0 fully saturated rings. The zero-order valence-corrected chi connectivity index (χ0v) is 17.0. The fourth-order valence-corrected chi connectivity index (χ4v) is 3.99. The van der Waals surface area contributed by atoms with Crippen LogP contribution in [0, 0.1) is 5.92 Å². The van der Waals surface area contributed by atoms with E-state index in [0.29, 0.717) is 18.6 Å². The molecule has 0 radical (unpaired) electrons. The van der Waals surface area contributed by atoms with Gasteiger partial charge in [0.1, 0.15) is 24.6 Å². The maximum atomic E-state index is 12.6. The van der Waals surface area contributed by atoms with E-state index in [0.717, 1.165) is 11.1 Å². The van der Waals surface area contributed by atoms with E-state index >= 15 is 0 Å². The number of fused-ring (bicyclic) bond motifs is 3. The summed E-state index contributed by atoms with van der Waals surface area (Å²) in [5.74, 6) is 0.588. The predicted octanol–water partition coefficient (Wildman–Crippen LogP) is 5.11. The number of amides is 1. The van der Waals surface area contributed by atoms with Gasteiger partial charge in [-0.15, -0.1) is 0 Å². The van der Waals surface area contributed by atoms with Crippen molar-refractivity contribution in [1.82, 2.24) is 10.3 Å². The zero-order valence-electron chi connectivity index (χ0n) is 17.0. The van der Waals surface area contributed by atoms with E-state index in [1.807, 2.05) is 38.1 Å². The van der Waals surface area contributed by atoms with Crippen LogP contribution in [0.4, 0.5) is 4.79 Å². The number of nitrogens with one attached hydrogen (secondary N) is 1. The summed E-state index contributed by atoms with van der Waals surface area (Å²) in [6.45, 7) is 4.31. The average molecular weight is 404 g/mol. The number of rotatable bonds is 7. The Hall–Kier alpha value is -3.41. The molecule has 2 aromatic carbocycles. The second kappa shape index (κ2) is 8.53. The SMILES string of the molecule is CC(C)C[C@@H](NC(=O)OCC1c2ccccc2-c2ccccc21)c1nc(C=O)co1. The van der Waals surface area contributed by atoms with Gasteiger partial charge in [-0.25, -0.2) is 9.78 Å². The molecular weight excluding hydrogens is 380 g/mol. The molecule has 30 heavy (non-hydrogen) atoms. The fourth-order valence-electron chi connectivity index (χ4n) is 3.99. The lowest BCUT2D eigenvalue weighted by Crippen LogP contribution is -2.31. The van der Waals surface area contributed by atoms with Crippen molar-refractivity contribution >= 4 is 12.4 Å². The van der Waals surface area contributed by atoms with Gasteiger partial charge in [-0.2, -0.15) is 0 Å². The molecule has 1 aliphatic rings. The van der Waals surface area contributed by atoms with E-state index in [-0.39, 0.29) is 24.1 Å². The Balaban J connectivity index is 1.47. The smallest absolute Gasteiger partial charge is 0.407 e. The monoisotopic (exact) mass is 404 g/mol. The van der Waals surface area contributed by atoms with Gasteiger partial charge in [0.15, 0.2) is 6.29 Å². The topological polar surface area (TPSA) is 81.4 Å². The van der Waals surface area contributed by atoms with Crippen molar-refractivity contribution in [2.24, 2.45) is 5.92 Å². The van der Waals surface area contributed by atoms with Crippen LogP contribution in [0.25, 0.3) is 11.1 Å². The van der Waals surface area contributed by atoms with E-state index < -0.39 is 12.1 Å². The van der Waals surface area contributed by atoms with Gasteiger partial charge in [0, 0.05) is 5.92 Å². The van der Waals surface area contributed by atoms with Crippen molar-refractivity contribution in [1.29, 1.82) is 0 Å². The van der Waals surface area contributed by atoms with Crippen LogP contribution in [-0.2, 0) is 4.74 Å². The molecule has 1 atom stereocenters. The summed E-state index contributed by atoms with van der Waals surface area (Å²) >= 11 is 0. The standard InChI is InChI=1S/C24H24N2O4/c1-15(2)11-22(23-25-16(12-27)13-29-23)26-24(28)30-14-21-19-9-5-3-7-17(19)18-8-4-6-10-20(18)21/h3-10,12-13,15,21-22H,11,14H2,1-2H3,(H,26,28)/t22-/m1/s1. The first-order chi connectivity index (χ1) is 14.6. The highest BCUT2D eigenvalue weighted by Crippen LogP contribution is 2.44. The van der Waals surface area contributed by atoms with E-state index in [1.165, 1.54) is 17.4 Å². The molecule has 0 aliphatic heterocycles. The lowest BCUT2D eigenvalue weighted by molar-refractivity contribution is 0.111. The van der Waals surface area contributed by atoms with Gasteiger partial charge in [-0.05, 0) is 34.6 Å². The number of carbonyl (C=O) groups excluding carboxylic acids is 2. The molecule has 6 nitrogen and oxygen atoms in total. The third-order valence-electron chi connectivity index (χ3n) is 5.30. The van der Waals surface area contributed by atoms with Crippen molar-refractivity contribution in [3.05, 3.63) is 77.5 Å². The highest BCUT2D eigenvalue weighted by molar-refractivity contribution is 5.79. The maximum absolute atomic E-state index is 12.6. The van der Waals surface area contributed by atoms with Gasteiger partial charge in [-0.1, -0.05) is 62.4 Å². The Labute approximate surface area is 175 Å². The summed E-state index contributed by atoms with van der Waals surface area (Å²) in [5, 5.41) is 2.84. The minimum Gasteiger partial charge on any atom is -0.449 e. The van der Waals surface area contributed by atoms with Crippen LogP contribution in [-0.4, -0.2) is 24.0 Å². The number of oxazole rings is 1. The van der Waals surface area contributed by atoms with E-state index in [2.05, 4.69) is 34.6 Å². The Morgan fingerprint density at radius 2 is 1.77 bits per heavy atom.